The Morgan fingerprint density at radius 3 is 2.61 bits per heavy atom. The average molecular weight is 501 g/mol. The quantitative estimate of drug-likeness (QED) is 0.470. The summed E-state index contributed by atoms with van der Waals surface area (Å²) in [6.45, 7) is 4.30. The lowest BCUT2D eigenvalue weighted by Gasteiger charge is -2.45. The molecule has 3 heterocycles. The molecule has 1 N–H and O–H groups in total. The predicted octanol–water partition coefficient (Wildman–Crippen LogP) is 2.64. The molecule has 1 aromatic carbocycles. The Balaban J connectivity index is 1.32. The average Bonchev–Trinajstić information content (AvgIpc) is 3.17. The van der Waals surface area contributed by atoms with Crippen LogP contribution in [0.1, 0.15) is 50.5 Å². The summed E-state index contributed by atoms with van der Waals surface area (Å²) in [4.78, 5) is 44.5. The highest BCUT2D eigenvalue weighted by Gasteiger charge is 2.39. The molecule has 0 spiro atoms. The molecule has 0 saturated carbocycles. The van der Waals surface area contributed by atoms with E-state index in [0.717, 1.165) is 24.3 Å². The van der Waals surface area contributed by atoms with E-state index in [4.69, 9.17) is 9.47 Å². The molecule has 0 aliphatic carbocycles. The number of fused-ring (bicyclic) bond motifs is 1. The Kier molecular flexibility index (Phi) is 9.20. The zero-order valence-electron chi connectivity index (χ0n) is 21.6. The van der Waals surface area contributed by atoms with E-state index in [9.17, 15) is 14.4 Å². The molecular weight excluding hydrogens is 460 g/mol. The van der Waals surface area contributed by atoms with E-state index in [-0.39, 0.29) is 24.8 Å². The maximum atomic E-state index is 13.3. The van der Waals surface area contributed by atoms with Gasteiger partial charge in [0.25, 0.3) is 5.91 Å². The third kappa shape index (κ3) is 6.37. The Bertz CT molecular complexity index is 906. The van der Waals surface area contributed by atoms with Crippen LogP contribution >= 0.6 is 0 Å². The Morgan fingerprint density at radius 2 is 1.86 bits per heavy atom. The Morgan fingerprint density at radius 1 is 1.08 bits per heavy atom. The van der Waals surface area contributed by atoms with E-state index in [0.29, 0.717) is 31.5 Å². The lowest BCUT2D eigenvalue weighted by molar-refractivity contribution is -0.134. The summed E-state index contributed by atoms with van der Waals surface area (Å²) >= 11 is 0. The first-order valence-electron chi connectivity index (χ1n) is 13.3. The van der Waals surface area contributed by atoms with E-state index < -0.39 is 12.1 Å². The molecule has 0 aromatic heterocycles. The molecule has 0 bridgehead atoms. The van der Waals surface area contributed by atoms with Gasteiger partial charge < -0.3 is 24.6 Å². The standard InChI is InChI=1S/C27H40N4O5/c1-35-17-16-30(19-21-6-5-15-29-14-4-3-7-24(21)29)25(32)13-12-23-26(33)31(27(34)28-23)18-20-8-10-22(36-2)11-9-20/h8-11,21,23-24H,3-7,12-19H2,1-2H3,(H,28,34). The largest absolute Gasteiger partial charge is 0.497 e. The minimum atomic E-state index is -0.674. The topological polar surface area (TPSA) is 91.4 Å². The molecule has 4 rings (SSSR count). The van der Waals surface area contributed by atoms with Crippen molar-refractivity contribution in [3.8, 4) is 5.75 Å². The Hall–Kier alpha value is -2.65. The fourth-order valence-electron chi connectivity index (χ4n) is 5.85. The summed E-state index contributed by atoms with van der Waals surface area (Å²) in [6.07, 6.45) is 6.59. The number of nitrogens with one attached hydrogen (secondary N) is 1. The first-order chi connectivity index (χ1) is 17.5. The number of hydrogen-bond donors (Lipinski definition) is 1. The van der Waals surface area contributed by atoms with E-state index in [1.165, 1.54) is 43.7 Å². The van der Waals surface area contributed by atoms with Crippen LogP contribution in [0.25, 0.3) is 0 Å². The second kappa shape index (κ2) is 12.5. The van der Waals surface area contributed by atoms with Crippen molar-refractivity contribution in [2.45, 2.75) is 63.6 Å². The molecular formula is C27H40N4O5. The number of methoxy groups -OCH3 is 2. The maximum absolute atomic E-state index is 13.3. The minimum absolute atomic E-state index is 0.0237. The van der Waals surface area contributed by atoms with Crippen molar-refractivity contribution in [2.24, 2.45) is 5.92 Å². The lowest BCUT2D eigenvalue weighted by Crippen LogP contribution is -2.52. The zero-order chi connectivity index (χ0) is 25.5. The van der Waals surface area contributed by atoms with Gasteiger partial charge in [-0.1, -0.05) is 18.6 Å². The molecule has 3 aliphatic heterocycles. The molecule has 3 fully saturated rings. The van der Waals surface area contributed by atoms with Crippen LogP contribution in [-0.2, 0) is 20.9 Å². The molecule has 3 atom stereocenters. The number of benzene rings is 1. The second-order valence-electron chi connectivity index (χ2n) is 10.1. The van der Waals surface area contributed by atoms with E-state index in [1.54, 1.807) is 26.4 Å². The SMILES string of the molecule is COCCN(CC1CCCN2CCCCC12)C(=O)CCC1NC(=O)N(Cc2ccc(OC)cc2)C1=O. The van der Waals surface area contributed by atoms with Gasteiger partial charge in [-0.2, -0.15) is 0 Å². The van der Waals surface area contributed by atoms with Crippen molar-refractivity contribution in [3.05, 3.63) is 29.8 Å². The maximum Gasteiger partial charge on any atom is 0.325 e. The fourth-order valence-corrected chi connectivity index (χ4v) is 5.85. The number of ether oxygens (including phenoxy) is 2. The first-order valence-corrected chi connectivity index (χ1v) is 13.3. The minimum Gasteiger partial charge on any atom is -0.497 e. The number of nitrogens with zero attached hydrogens (tertiary/aromatic N) is 3. The van der Waals surface area contributed by atoms with Gasteiger partial charge in [0.05, 0.1) is 20.3 Å². The van der Waals surface area contributed by atoms with Gasteiger partial charge in [0.2, 0.25) is 5.91 Å². The van der Waals surface area contributed by atoms with E-state index in [1.807, 2.05) is 17.0 Å². The van der Waals surface area contributed by atoms with Gasteiger partial charge in [0.15, 0.2) is 0 Å². The molecule has 9 heteroatoms. The van der Waals surface area contributed by atoms with Crippen molar-refractivity contribution < 1.29 is 23.9 Å². The Labute approximate surface area is 214 Å². The smallest absolute Gasteiger partial charge is 0.325 e. The first kappa shape index (κ1) is 26.4. The molecule has 198 valence electrons. The number of piperidine rings is 2. The third-order valence-electron chi connectivity index (χ3n) is 7.86. The van der Waals surface area contributed by atoms with Crippen molar-refractivity contribution in [1.29, 1.82) is 0 Å². The van der Waals surface area contributed by atoms with Gasteiger partial charge in [-0.3, -0.25) is 14.5 Å². The number of amides is 4. The van der Waals surface area contributed by atoms with Crippen molar-refractivity contribution in [2.75, 3.05) is 47.0 Å². The third-order valence-corrected chi connectivity index (χ3v) is 7.86. The molecule has 3 aliphatic rings. The highest BCUT2D eigenvalue weighted by molar-refractivity contribution is 6.04. The number of carbonyl (C=O) groups is 3. The van der Waals surface area contributed by atoms with Crippen molar-refractivity contribution in [3.63, 3.8) is 0 Å². The van der Waals surface area contributed by atoms with Gasteiger partial charge in [-0.05, 0) is 68.8 Å². The number of hydrogen-bond acceptors (Lipinski definition) is 6. The monoisotopic (exact) mass is 500 g/mol. The number of rotatable bonds is 11. The summed E-state index contributed by atoms with van der Waals surface area (Å²) in [5.41, 5.74) is 0.839. The van der Waals surface area contributed by atoms with Crippen molar-refractivity contribution >= 4 is 17.8 Å². The molecule has 3 unspecified atom stereocenters. The molecule has 1 aromatic rings. The van der Waals surface area contributed by atoms with Gasteiger partial charge in [0, 0.05) is 32.7 Å². The van der Waals surface area contributed by atoms with Crippen LogP contribution < -0.4 is 10.1 Å². The van der Waals surface area contributed by atoms with Gasteiger partial charge in [-0.25, -0.2) is 4.79 Å². The summed E-state index contributed by atoms with van der Waals surface area (Å²) in [5, 5.41) is 2.76. The number of carbonyl (C=O) groups excluding carboxylic acids is 3. The van der Waals surface area contributed by atoms with Gasteiger partial charge >= 0.3 is 6.03 Å². The van der Waals surface area contributed by atoms with Crippen LogP contribution in [0.3, 0.4) is 0 Å². The predicted molar refractivity (Wildman–Crippen MR) is 135 cm³/mol. The van der Waals surface area contributed by atoms with Crippen LogP contribution in [0.15, 0.2) is 24.3 Å². The number of imide groups is 1. The van der Waals surface area contributed by atoms with Gasteiger partial charge in [0.1, 0.15) is 11.8 Å². The summed E-state index contributed by atoms with van der Waals surface area (Å²) in [5.74, 6) is 0.940. The lowest BCUT2D eigenvalue weighted by atomic mass is 9.83. The molecule has 36 heavy (non-hydrogen) atoms. The molecule has 4 amide bonds. The van der Waals surface area contributed by atoms with Crippen LogP contribution in [0.4, 0.5) is 4.79 Å². The van der Waals surface area contributed by atoms with Crippen LogP contribution in [0.5, 0.6) is 5.75 Å². The van der Waals surface area contributed by atoms with Crippen LogP contribution in [0, 0.1) is 5.92 Å². The summed E-state index contributed by atoms with van der Waals surface area (Å²) in [7, 11) is 3.24. The summed E-state index contributed by atoms with van der Waals surface area (Å²) in [6, 6.07) is 6.75. The van der Waals surface area contributed by atoms with E-state index in [2.05, 4.69) is 10.2 Å². The molecule has 3 saturated heterocycles. The van der Waals surface area contributed by atoms with Crippen molar-refractivity contribution in [1.82, 2.24) is 20.0 Å². The van der Waals surface area contributed by atoms with Crippen LogP contribution in [-0.4, -0.2) is 91.6 Å². The highest BCUT2D eigenvalue weighted by Crippen LogP contribution is 2.31. The normalized spacial score (nSPS) is 24.4. The van der Waals surface area contributed by atoms with Crippen LogP contribution in [0.2, 0.25) is 0 Å². The highest BCUT2D eigenvalue weighted by atomic mass is 16.5. The van der Waals surface area contributed by atoms with E-state index >= 15 is 0 Å². The molecule has 0 radical (unpaired) electrons. The summed E-state index contributed by atoms with van der Waals surface area (Å²) < 4.78 is 10.4. The van der Waals surface area contributed by atoms with Gasteiger partial charge in [-0.15, -0.1) is 0 Å². The fraction of sp³-hybridized carbons (Fsp3) is 0.667. The number of urea groups is 1. The zero-order valence-corrected chi connectivity index (χ0v) is 21.6. The second-order valence-corrected chi connectivity index (χ2v) is 10.1. The molecule has 9 nitrogen and oxygen atoms in total.